The third kappa shape index (κ3) is 3.56. The lowest BCUT2D eigenvalue weighted by molar-refractivity contribution is 0.659. The first-order valence-corrected chi connectivity index (χ1v) is 15.3. The minimum atomic E-state index is -0.209. The van der Waals surface area contributed by atoms with Crippen molar-refractivity contribution in [2.45, 2.75) is 60.8 Å². The summed E-state index contributed by atoms with van der Waals surface area (Å²) >= 11 is 0. The van der Waals surface area contributed by atoms with Crippen LogP contribution in [0.2, 0.25) is 0 Å². The van der Waals surface area contributed by atoms with Gasteiger partial charge in [0.15, 0.2) is 0 Å². The minimum Gasteiger partial charge on any atom is -0.357 e. The van der Waals surface area contributed by atoms with Gasteiger partial charge >= 0.3 is 0 Å². The fourth-order valence-electron chi connectivity index (χ4n) is 7.22. The van der Waals surface area contributed by atoms with Crippen molar-refractivity contribution in [3.05, 3.63) is 115 Å². The number of nitrogens with one attached hydrogen (secondary N) is 4. The van der Waals surface area contributed by atoms with Gasteiger partial charge in [0.1, 0.15) is 0 Å². The summed E-state index contributed by atoms with van der Waals surface area (Å²) in [5, 5.41) is 11.3. The number of aromatic nitrogens is 3. The van der Waals surface area contributed by atoms with Crippen molar-refractivity contribution in [3.8, 4) is 11.3 Å². The fraction of sp³-hybridized carbons (Fsp3) is 0.231. The van der Waals surface area contributed by atoms with Crippen LogP contribution < -0.4 is 16.0 Å². The molecule has 43 heavy (non-hydrogen) atoms. The number of allylic oxidation sites excluding steroid dienone is 1. The highest BCUT2D eigenvalue weighted by Crippen LogP contribution is 2.52. The lowest BCUT2D eigenvalue weighted by Crippen LogP contribution is -2.17. The van der Waals surface area contributed by atoms with Crippen LogP contribution in [-0.2, 0) is 5.41 Å². The van der Waals surface area contributed by atoms with E-state index in [-0.39, 0.29) is 5.41 Å². The molecule has 0 amide bonds. The highest BCUT2D eigenvalue weighted by atomic mass is 15.0. The molecule has 5 heterocycles. The number of aromatic amines is 3. The van der Waals surface area contributed by atoms with Crippen LogP contribution in [0.15, 0.2) is 48.2 Å². The molecule has 3 aromatic carbocycles. The van der Waals surface area contributed by atoms with E-state index >= 15 is 0 Å². The molecule has 0 spiro atoms. The van der Waals surface area contributed by atoms with Crippen LogP contribution in [0.1, 0.15) is 69.9 Å². The molecule has 2 aliphatic heterocycles. The van der Waals surface area contributed by atoms with Crippen molar-refractivity contribution in [1.82, 2.24) is 15.0 Å². The SMILES string of the molecule is Cc1c2[nH]c(c1C)C=c1[nH]c(c(C)c1C)=Cc1[nH]c(c(C)c1C)-c1c3c(cc4cc5ccccc5cc14)C(C)(C)C(=C2)N3. The molecule has 214 valence electrons. The number of hydrogen-bond donors (Lipinski definition) is 4. The summed E-state index contributed by atoms with van der Waals surface area (Å²) < 4.78 is 0. The quantitative estimate of drug-likeness (QED) is 0.139. The lowest BCUT2D eigenvalue weighted by Gasteiger charge is -2.21. The summed E-state index contributed by atoms with van der Waals surface area (Å²) in [4.78, 5) is 11.4. The minimum absolute atomic E-state index is 0.209. The Morgan fingerprint density at radius 2 is 1.14 bits per heavy atom. The van der Waals surface area contributed by atoms with Gasteiger partial charge in [0.25, 0.3) is 0 Å². The van der Waals surface area contributed by atoms with Crippen LogP contribution in [0.4, 0.5) is 5.69 Å². The average Bonchev–Trinajstić information content (AvgIpc) is 3.60. The molecule has 0 aliphatic carbocycles. The third-order valence-corrected chi connectivity index (χ3v) is 10.6. The van der Waals surface area contributed by atoms with Crippen LogP contribution in [0.3, 0.4) is 0 Å². The van der Waals surface area contributed by atoms with Crippen LogP contribution in [0, 0.1) is 41.5 Å². The standard InChI is InChI=1S/C39H38N4/c1-19-20(2)32-17-33-23(5)24(6)37(42-33)36-28-14-26-12-10-9-11-25(26)13-27(28)15-29-38(36)43-35(39(29,7)8)18-34-22(4)21(3)31(41-34)16-30(19)40-32/h9-18,40-43H,1-8H3. The van der Waals surface area contributed by atoms with E-state index in [9.17, 15) is 0 Å². The zero-order chi connectivity index (χ0) is 29.9. The molecule has 8 bridgehead atoms. The Balaban J connectivity index is 1.56. The predicted molar refractivity (Wildman–Crippen MR) is 182 cm³/mol. The van der Waals surface area contributed by atoms with Gasteiger partial charge in [-0.05, 0) is 138 Å². The maximum Gasteiger partial charge on any atom is 0.0525 e. The van der Waals surface area contributed by atoms with Crippen molar-refractivity contribution < 1.29 is 0 Å². The molecule has 0 saturated heterocycles. The van der Waals surface area contributed by atoms with E-state index in [4.69, 9.17) is 0 Å². The fourth-order valence-corrected chi connectivity index (χ4v) is 7.22. The summed E-state index contributed by atoms with van der Waals surface area (Å²) in [6, 6.07) is 15.8. The van der Waals surface area contributed by atoms with Crippen LogP contribution >= 0.6 is 0 Å². The van der Waals surface area contributed by atoms with Crippen LogP contribution in [0.5, 0.6) is 0 Å². The average molecular weight is 563 g/mol. The highest BCUT2D eigenvalue weighted by Gasteiger charge is 2.38. The number of hydrogen-bond acceptors (Lipinski definition) is 1. The van der Waals surface area contributed by atoms with E-state index in [1.807, 2.05) is 0 Å². The molecule has 0 saturated carbocycles. The van der Waals surface area contributed by atoms with Gasteiger partial charge in [-0.25, -0.2) is 0 Å². The monoisotopic (exact) mass is 562 g/mol. The van der Waals surface area contributed by atoms with Gasteiger partial charge < -0.3 is 20.3 Å². The first-order valence-electron chi connectivity index (χ1n) is 15.3. The second kappa shape index (κ2) is 8.67. The van der Waals surface area contributed by atoms with Gasteiger partial charge in [0.05, 0.1) is 11.4 Å². The molecule has 8 rings (SSSR count). The Morgan fingerprint density at radius 1 is 0.558 bits per heavy atom. The second-order valence-corrected chi connectivity index (χ2v) is 13.3. The smallest absolute Gasteiger partial charge is 0.0525 e. The van der Waals surface area contributed by atoms with Gasteiger partial charge in [-0.15, -0.1) is 0 Å². The number of benzene rings is 3. The van der Waals surface area contributed by atoms with Crippen molar-refractivity contribution in [2.24, 2.45) is 0 Å². The lowest BCUT2D eigenvalue weighted by atomic mass is 9.81. The summed E-state index contributed by atoms with van der Waals surface area (Å²) in [6.45, 7) is 18.1. The molecule has 4 N–H and O–H groups in total. The van der Waals surface area contributed by atoms with E-state index in [0.717, 1.165) is 27.8 Å². The predicted octanol–water partition coefficient (Wildman–Crippen LogP) is 8.21. The van der Waals surface area contributed by atoms with Gasteiger partial charge in [0, 0.05) is 44.5 Å². The molecule has 0 radical (unpaired) electrons. The van der Waals surface area contributed by atoms with Crippen molar-refractivity contribution in [3.63, 3.8) is 0 Å². The van der Waals surface area contributed by atoms with Gasteiger partial charge in [0.2, 0.25) is 0 Å². The Hall–Kier alpha value is -4.70. The van der Waals surface area contributed by atoms with Crippen molar-refractivity contribution in [1.29, 1.82) is 0 Å². The molecule has 0 fully saturated rings. The van der Waals surface area contributed by atoms with Crippen LogP contribution in [0.25, 0.3) is 51.0 Å². The number of H-pyrrole nitrogens is 3. The maximum absolute atomic E-state index is 3.97. The summed E-state index contributed by atoms with van der Waals surface area (Å²) in [5.74, 6) is 0. The normalized spacial score (nSPS) is 14.9. The van der Waals surface area contributed by atoms with Gasteiger partial charge in [-0.1, -0.05) is 38.1 Å². The Morgan fingerprint density at radius 3 is 1.81 bits per heavy atom. The number of rotatable bonds is 0. The molecule has 0 atom stereocenters. The maximum atomic E-state index is 3.97. The summed E-state index contributed by atoms with van der Waals surface area (Å²) in [7, 11) is 0. The van der Waals surface area contributed by atoms with E-state index in [2.05, 4.69) is 136 Å². The van der Waals surface area contributed by atoms with E-state index in [0.29, 0.717) is 0 Å². The van der Waals surface area contributed by atoms with Crippen LogP contribution in [-0.4, -0.2) is 15.0 Å². The first kappa shape index (κ1) is 26.0. The van der Waals surface area contributed by atoms with Crippen molar-refractivity contribution >= 4 is 45.5 Å². The molecular formula is C39H38N4. The number of anilines is 1. The van der Waals surface area contributed by atoms with E-state index in [1.54, 1.807) is 0 Å². The summed E-state index contributed by atoms with van der Waals surface area (Å²) in [5.41, 5.74) is 17.0. The van der Waals surface area contributed by atoms with Gasteiger partial charge in [-0.2, -0.15) is 0 Å². The zero-order valence-corrected chi connectivity index (χ0v) is 26.3. The van der Waals surface area contributed by atoms with E-state index < -0.39 is 0 Å². The molecule has 0 unspecified atom stereocenters. The molecule has 4 heteroatoms. The highest BCUT2D eigenvalue weighted by molar-refractivity contribution is 6.11. The largest absolute Gasteiger partial charge is 0.357 e. The number of fused-ring (bicyclic) bond motifs is 11. The molecule has 4 nitrogen and oxygen atoms in total. The Labute approximate surface area is 252 Å². The summed E-state index contributed by atoms with van der Waals surface area (Å²) in [6.07, 6.45) is 6.89. The zero-order valence-electron chi connectivity index (χ0n) is 26.3. The molecule has 3 aromatic heterocycles. The first-order chi connectivity index (χ1) is 20.5. The molecule has 2 aliphatic rings. The van der Waals surface area contributed by atoms with E-state index in [1.165, 1.54) is 83.1 Å². The Kier molecular flexibility index (Phi) is 5.23. The van der Waals surface area contributed by atoms with Gasteiger partial charge in [-0.3, -0.25) is 0 Å². The molecule has 6 aromatic rings. The Bertz CT molecular complexity index is 2350. The van der Waals surface area contributed by atoms with Crippen molar-refractivity contribution in [2.75, 3.05) is 5.32 Å². The molecular weight excluding hydrogens is 524 g/mol. The topological polar surface area (TPSA) is 59.4 Å². The third-order valence-electron chi connectivity index (χ3n) is 10.6. The second-order valence-electron chi connectivity index (χ2n) is 13.3.